The molecule has 0 aliphatic carbocycles. The number of anilines is 1. The molecular formula is C16H14N2O4S2. The zero-order valence-corrected chi connectivity index (χ0v) is 14.4. The SMILES string of the molecule is CS(=O)(=O)c1cc([N+](=O)[O-])c(NCc2cccc3ccccc23)s1. The van der Waals surface area contributed by atoms with Gasteiger partial charge in [-0.15, -0.1) is 0 Å². The van der Waals surface area contributed by atoms with E-state index in [1.807, 2.05) is 42.5 Å². The van der Waals surface area contributed by atoms with Crippen molar-refractivity contribution in [3.05, 3.63) is 64.2 Å². The van der Waals surface area contributed by atoms with Crippen molar-refractivity contribution in [2.24, 2.45) is 0 Å². The average Bonchev–Trinajstić information content (AvgIpc) is 2.97. The predicted molar refractivity (Wildman–Crippen MR) is 95.4 cm³/mol. The van der Waals surface area contributed by atoms with Crippen molar-refractivity contribution in [3.8, 4) is 0 Å². The molecule has 0 saturated heterocycles. The third-order valence-corrected chi connectivity index (χ3v) is 6.45. The molecule has 0 aliphatic heterocycles. The van der Waals surface area contributed by atoms with Gasteiger partial charge in [-0.05, 0) is 16.3 Å². The van der Waals surface area contributed by atoms with Crippen LogP contribution in [0.4, 0.5) is 10.7 Å². The molecule has 1 N–H and O–H groups in total. The lowest BCUT2D eigenvalue weighted by atomic mass is 10.0. The molecule has 1 heterocycles. The van der Waals surface area contributed by atoms with Crippen LogP contribution in [-0.2, 0) is 16.4 Å². The van der Waals surface area contributed by atoms with Crippen molar-refractivity contribution in [1.82, 2.24) is 0 Å². The lowest BCUT2D eigenvalue weighted by Crippen LogP contribution is -2.00. The number of nitro groups is 1. The highest BCUT2D eigenvalue weighted by Crippen LogP contribution is 2.37. The van der Waals surface area contributed by atoms with E-state index >= 15 is 0 Å². The second-order valence-corrected chi connectivity index (χ2v) is 8.60. The Morgan fingerprint density at radius 2 is 1.88 bits per heavy atom. The summed E-state index contributed by atoms with van der Waals surface area (Å²) in [7, 11) is -3.48. The van der Waals surface area contributed by atoms with Gasteiger partial charge in [0.15, 0.2) is 14.8 Å². The van der Waals surface area contributed by atoms with Crippen LogP contribution in [0.2, 0.25) is 0 Å². The topological polar surface area (TPSA) is 89.3 Å². The smallest absolute Gasteiger partial charge is 0.304 e. The minimum absolute atomic E-state index is 0.0189. The van der Waals surface area contributed by atoms with E-state index in [1.165, 1.54) is 0 Å². The Morgan fingerprint density at radius 3 is 2.58 bits per heavy atom. The molecule has 0 bridgehead atoms. The van der Waals surface area contributed by atoms with Gasteiger partial charge in [-0.2, -0.15) is 0 Å². The van der Waals surface area contributed by atoms with E-state index in [-0.39, 0.29) is 14.9 Å². The van der Waals surface area contributed by atoms with Crippen LogP contribution < -0.4 is 5.32 Å². The van der Waals surface area contributed by atoms with Gasteiger partial charge in [-0.1, -0.05) is 53.8 Å². The van der Waals surface area contributed by atoms with Gasteiger partial charge in [0.05, 0.1) is 4.92 Å². The fourth-order valence-electron chi connectivity index (χ4n) is 2.43. The molecule has 0 unspecified atom stereocenters. The number of nitrogens with zero attached hydrogens (tertiary/aromatic N) is 1. The molecule has 0 amide bonds. The fourth-order valence-corrected chi connectivity index (χ4v) is 4.36. The summed E-state index contributed by atoms with van der Waals surface area (Å²) in [5.41, 5.74) is 0.761. The monoisotopic (exact) mass is 362 g/mol. The third-order valence-electron chi connectivity index (χ3n) is 3.57. The molecule has 0 atom stereocenters. The number of sulfone groups is 1. The van der Waals surface area contributed by atoms with E-state index in [0.717, 1.165) is 40.0 Å². The van der Waals surface area contributed by atoms with E-state index in [0.29, 0.717) is 6.54 Å². The fraction of sp³-hybridized carbons (Fsp3) is 0.125. The van der Waals surface area contributed by atoms with Crippen LogP contribution in [0.15, 0.2) is 52.7 Å². The first-order chi connectivity index (χ1) is 11.4. The van der Waals surface area contributed by atoms with Crippen molar-refractivity contribution in [2.75, 3.05) is 11.6 Å². The summed E-state index contributed by atoms with van der Waals surface area (Å²) in [6, 6.07) is 14.8. The minimum atomic E-state index is -3.48. The molecule has 3 aromatic rings. The Hall–Kier alpha value is -2.45. The molecule has 2 aromatic carbocycles. The molecule has 0 aliphatic rings. The molecule has 1 aromatic heterocycles. The van der Waals surface area contributed by atoms with Crippen LogP contribution in [0.5, 0.6) is 0 Å². The molecule has 0 spiro atoms. The molecule has 6 nitrogen and oxygen atoms in total. The first-order valence-electron chi connectivity index (χ1n) is 7.05. The van der Waals surface area contributed by atoms with Crippen LogP contribution in [0.1, 0.15) is 5.56 Å². The summed E-state index contributed by atoms with van der Waals surface area (Å²) < 4.78 is 23.2. The quantitative estimate of drug-likeness (QED) is 0.550. The molecule has 0 radical (unpaired) electrons. The summed E-state index contributed by atoms with van der Waals surface area (Å²) in [6.07, 6.45) is 1.04. The lowest BCUT2D eigenvalue weighted by molar-refractivity contribution is -0.383. The van der Waals surface area contributed by atoms with E-state index in [2.05, 4.69) is 5.32 Å². The standard InChI is InChI=1S/C16H14N2O4S2/c1-24(21,22)15-9-14(18(19)20)16(23-15)17-10-12-7-4-6-11-5-2-3-8-13(11)12/h2-9,17H,10H2,1H3. The number of hydrogen-bond acceptors (Lipinski definition) is 6. The summed E-state index contributed by atoms with van der Waals surface area (Å²) in [5.74, 6) is 0. The second-order valence-electron chi connectivity index (χ2n) is 5.30. The largest absolute Gasteiger partial charge is 0.367 e. The highest BCUT2D eigenvalue weighted by Gasteiger charge is 2.23. The van der Waals surface area contributed by atoms with Gasteiger partial charge >= 0.3 is 5.69 Å². The normalized spacial score (nSPS) is 11.5. The van der Waals surface area contributed by atoms with Gasteiger partial charge in [0.25, 0.3) is 0 Å². The van der Waals surface area contributed by atoms with Gasteiger partial charge in [-0.25, -0.2) is 8.42 Å². The van der Waals surface area contributed by atoms with E-state index in [1.54, 1.807) is 0 Å². The highest BCUT2D eigenvalue weighted by molar-refractivity contribution is 7.92. The molecule has 0 saturated carbocycles. The molecule has 124 valence electrons. The Kier molecular flexibility index (Phi) is 4.25. The van der Waals surface area contributed by atoms with E-state index < -0.39 is 14.8 Å². The van der Waals surface area contributed by atoms with Crippen molar-refractivity contribution < 1.29 is 13.3 Å². The summed E-state index contributed by atoms with van der Waals surface area (Å²) in [4.78, 5) is 10.6. The van der Waals surface area contributed by atoms with Gasteiger partial charge < -0.3 is 5.32 Å². The Morgan fingerprint density at radius 1 is 1.17 bits per heavy atom. The Balaban J connectivity index is 1.94. The second kappa shape index (κ2) is 6.21. The molecule has 0 fully saturated rings. The third kappa shape index (κ3) is 3.24. The summed E-state index contributed by atoms with van der Waals surface area (Å²) in [6.45, 7) is 0.367. The minimum Gasteiger partial charge on any atom is -0.367 e. The van der Waals surface area contributed by atoms with Crippen LogP contribution in [0, 0.1) is 10.1 Å². The maximum atomic E-state index is 11.6. The molecular weight excluding hydrogens is 348 g/mol. The van der Waals surface area contributed by atoms with Gasteiger partial charge in [-0.3, -0.25) is 10.1 Å². The predicted octanol–water partition coefficient (Wildman–Crippen LogP) is 3.83. The summed E-state index contributed by atoms with van der Waals surface area (Å²) >= 11 is 0.879. The van der Waals surface area contributed by atoms with E-state index in [4.69, 9.17) is 0 Å². The number of nitrogens with one attached hydrogen (secondary N) is 1. The molecule has 24 heavy (non-hydrogen) atoms. The van der Waals surface area contributed by atoms with Crippen LogP contribution in [-0.4, -0.2) is 19.6 Å². The first kappa shape index (κ1) is 16.4. The molecule has 8 heteroatoms. The number of rotatable bonds is 5. The van der Waals surface area contributed by atoms with Crippen LogP contribution in [0.25, 0.3) is 10.8 Å². The summed E-state index contributed by atoms with van der Waals surface area (Å²) in [5, 5.41) is 16.5. The van der Waals surface area contributed by atoms with Crippen molar-refractivity contribution >= 4 is 42.6 Å². The Bertz CT molecular complexity index is 1020. The van der Waals surface area contributed by atoms with Crippen LogP contribution >= 0.6 is 11.3 Å². The highest BCUT2D eigenvalue weighted by atomic mass is 32.2. The number of benzene rings is 2. The maximum absolute atomic E-state index is 11.6. The molecule has 3 rings (SSSR count). The number of fused-ring (bicyclic) bond motifs is 1. The van der Waals surface area contributed by atoms with Gasteiger partial charge in [0, 0.05) is 18.9 Å². The van der Waals surface area contributed by atoms with E-state index in [9.17, 15) is 18.5 Å². The Labute approximate surface area is 142 Å². The maximum Gasteiger partial charge on any atom is 0.304 e. The number of thiophene rings is 1. The van der Waals surface area contributed by atoms with Crippen molar-refractivity contribution in [1.29, 1.82) is 0 Å². The lowest BCUT2D eigenvalue weighted by Gasteiger charge is -2.07. The first-order valence-corrected chi connectivity index (χ1v) is 9.76. The van der Waals surface area contributed by atoms with Crippen molar-refractivity contribution in [2.45, 2.75) is 10.8 Å². The van der Waals surface area contributed by atoms with Gasteiger partial charge in [0.1, 0.15) is 4.21 Å². The van der Waals surface area contributed by atoms with Crippen molar-refractivity contribution in [3.63, 3.8) is 0 Å². The average molecular weight is 362 g/mol. The number of hydrogen-bond donors (Lipinski definition) is 1. The zero-order valence-electron chi connectivity index (χ0n) is 12.7. The van der Waals surface area contributed by atoms with Crippen LogP contribution in [0.3, 0.4) is 0 Å². The van der Waals surface area contributed by atoms with Gasteiger partial charge in [0.2, 0.25) is 0 Å². The zero-order chi connectivity index (χ0) is 17.3.